The van der Waals surface area contributed by atoms with Crippen molar-refractivity contribution in [3.8, 4) is 0 Å². The molecule has 0 unspecified atom stereocenters. The number of para-hydroxylation sites is 1. The number of nitrogens with zero attached hydrogens (tertiary/aromatic N) is 5. The van der Waals surface area contributed by atoms with Crippen LogP contribution < -0.4 is 21.9 Å². The SMILES string of the molecule is CCn1c(N)c(C(N)=O)c(=O)c2cnc(N(c3ccccc3)N3CCOCC3)nc21. The summed E-state index contributed by atoms with van der Waals surface area (Å²) in [5, 5.41) is 4.19. The third kappa shape index (κ3) is 3.36. The fraction of sp³-hybridized carbons (Fsp3) is 0.300. The number of aryl methyl sites for hydroxylation is 1. The van der Waals surface area contributed by atoms with E-state index in [1.54, 1.807) is 4.57 Å². The van der Waals surface area contributed by atoms with Crippen LogP contribution in [0.5, 0.6) is 0 Å². The summed E-state index contributed by atoms with van der Waals surface area (Å²) in [6.45, 7) is 4.77. The van der Waals surface area contributed by atoms with Crippen molar-refractivity contribution in [1.29, 1.82) is 0 Å². The van der Waals surface area contributed by atoms with Gasteiger partial charge in [-0.15, -0.1) is 0 Å². The molecule has 2 aromatic heterocycles. The third-order valence-electron chi connectivity index (χ3n) is 5.05. The van der Waals surface area contributed by atoms with Crippen LogP contribution in [-0.4, -0.2) is 51.8 Å². The van der Waals surface area contributed by atoms with Gasteiger partial charge in [-0.25, -0.2) is 15.0 Å². The van der Waals surface area contributed by atoms with Crippen LogP contribution in [0.2, 0.25) is 0 Å². The van der Waals surface area contributed by atoms with Gasteiger partial charge in [0, 0.05) is 25.8 Å². The standard InChI is InChI=1S/C20H23N7O3/c1-2-26-17(21)15(18(22)29)16(28)14-12-23-20(24-19(14)26)27(13-6-4-3-5-7-13)25-8-10-30-11-9-25/h3-7,12H,2,8-11,21H2,1H3,(H2,22,29). The van der Waals surface area contributed by atoms with Crippen molar-refractivity contribution in [1.82, 2.24) is 19.5 Å². The van der Waals surface area contributed by atoms with E-state index in [0.717, 1.165) is 5.69 Å². The molecule has 1 aliphatic rings. The third-order valence-corrected chi connectivity index (χ3v) is 5.05. The molecule has 0 atom stereocenters. The van der Waals surface area contributed by atoms with Crippen molar-refractivity contribution < 1.29 is 9.53 Å². The number of anilines is 3. The molecule has 0 saturated carbocycles. The number of carbonyl (C=O) groups excluding carboxylic acids is 1. The highest BCUT2D eigenvalue weighted by atomic mass is 16.5. The second-order valence-corrected chi connectivity index (χ2v) is 6.82. The molecule has 0 bridgehead atoms. The predicted molar refractivity (Wildman–Crippen MR) is 113 cm³/mol. The molecular formula is C20H23N7O3. The summed E-state index contributed by atoms with van der Waals surface area (Å²) in [5.41, 5.74) is 11.9. The summed E-state index contributed by atoms with van der Waals surface area (Å²) in [7, 11) is 0. The molecule has 1 saturated heterocycles. The zero-order chi connectivity index (χ0) is 21.3. The number of rotatable bonds is 5. The van der Waals surface area contributed by atoms with Gasteiger partial charge in [-0.1, -0.05) is 18.2 Å². The van der Waals surface area contributed by atoms with Gasteiger partial charge in [-0.2, -0.15) is 4.98 Å². The van der Waals surface area contributed by atoms with E-state index in [4.69, 9.17) is 16.2 Å². The molecule has 3 aromatic rings. The maximum Gasteiger partial charge on any atom is 0.256 e. The van der Waals surface area contributed by atoms with Crippen LogP contribution in [0.15, 0.2) is 41.3 Å². The first-order chi connectivity index (χ1) is 14.5. The monoisotopic (exact) mass is 409 g/mol. The van der Waals surface area contributed by atoms with E-state index in [1.165, 1.54) is 6.20 Å². The lowest BCUT2D eigenvalue weighted by atomic mass is 10.1. The molecule has 1 aromatic carbocycles. The Balaban J connectivity index is 1.93. The van der Waals surface area contributed by atoms with Gasteiger partial charge < -0.3 is 20.8 Å². The summed E-state index contributed by atoms with van der Waals surface area (Å²) in [5.74, 6) is -0.474. The lowest BCUT2D eigenvalue weighted by Crippen LogP contribution is -2.47. The Bertz CT molecular complexity index is 1140. The Morgan fingerprint density at radius 2 is 1.93 bits per heavy atom. The second-order valence-electron chi connectivity index (χ2n) is 6.82. The molecule has 4 N–H and O–H groups in total. The highest BCUT2D eigenvalue weighted by Gasteiger charge is 2.25. The predicted octanol–water partition coefficient (Wildman–Crippen LogP) is 0.878. The summed E-state index contributed by atoms with van der Waals surface area (Å²) in [6, 6.07) is 9.72. The van der Waals surface area contributed by atoms with Crippen LogP contribution in [0.25, 0.3) is 11.0 Å². The summed E-state index contributed by atoms with van der Waals surface area (Å²) in [4.78, 5) is 33.7. The molecule has 1 aliphatic heterocycles. The number of carbonyl (C=O) groups is 1. The Hall–Kier alpha value is -3.50. The van der Waals surface area contributed by atoms with Crippen LogP contribution in [0.3, 0.4) is 0 Å². The van der Waals surface area contributed by atoms with Crippen molar-refractivity contribution in [2.45, 2.75) is 13.5 Å². The number of ether oxygens (including phenoxy) is 1. The number of nitrogens with two attached hydrogens (primary N) is 2. The average Bonchev–Trinajstić information content (AvgIpc) is 2.75. The molecule has 3 heterocycles. The molecule has 1 amide bonds. The number of benzene rings is 1. The van der Waals surface area contributed by atoms with E-state index in [-0.39, 0.29) is 16.8 Å². The molecule has 10 nitrogen and oxygen atoms in total. The highest BCUT2D eigenvalue weighted by molar-refractivity contribution is 6.00. The van der Waals surface area contributed by atoms with Crippen LogP contribution in [-0.2, 0) is 11.3 Å². The van der Waals surface area contributed by atoms with Crippen LogP contribution >= 0.6 is 0 Å². The van der Waals surface area contributed by atoms with E-state index in [1.807, 2.05) is 42.3 Å². The van der Waals surface area contributed by atoms with Gasteiger partial charge in [0.1, 0.15) is 11.4 Å². The van der Waals surface area contributed by atoms with Gasteiger partial charge in [0.2, 0.25) is 11.4 Å². The first-order valence-electron chi connectivity index (χ1n) is 9.69. The van der Waals surface area contributed by atoms with Crippen molar-refractivity contribution in [2.75, 3.05) is 37.0 Å². The van der Waals surface area contributed by atoms with E-state index in [9.17, 15) is 9.59 Å². The highest BCUT2D eigenvalue weighted by Crippen LogP contribution is 2.26. The van der Waals surface area contributed by atoms with Gasteiger partial charge in [0.25, 0.3) is 5.91 Å². The fourth-order valence-electron chi connectivity index (χ4n) is 3.62. The van der Waals surface area contributed by atoms with Crippen LogP contribution in [0, 0.1) is 0 Å². The van der Waals surface area contributed by atoms with Gasteiger partial charge in [0.15, 0.2) is 5.65 Å². The number of nitrogen functional groups attached to an aromatic ring is 1. The van der Waals surface area contributed by atoms with Gasteiger partial charge >= 0.3 is 0 Å². The molecule has 1 fully saturated rings. The summed E-state index contributed by atoms with van der Waals surface area (Å²) < 4.78 is 7.08. The number of morpholine rings is 1. The number of hydrogen-bond donors (Lipinski definition) is 2. The molecule has 0 radical (unpaired) electrons. The molecular weight excluding hydrogens is 386 g/mol. The molecule has 10 heteroatoms. The lowest BCUT2D eigenvalue weighted by Gasteiger charge is -2.37. The molecule has 156 valence electrons. The van der Waals surface area contributed by atoms with Crippen molar-refractivity contribution in [2.24, 2.45) is 5.73 Å². The van der Waals surface area contributed by atoms with Crippen LogP contribution in [0.4, 0.5) is 17.5 Å². The Morgan fingerprint density at radius 3 is 2.57 bits per heavy atom. The lowest BCUT2D eigenvalue weighted by molar-refractivity contribution is 0.0372. The number of fused-ring (bicyclic) bond motifs is 1. The molecule has 4 rings (SSSR count). The number of amides is 1. The number of hydrogen-bond acceptors (Lipinski definition) is 8. The van der Waals surface area contributed by atoms with Crippen molar-refractivity contribution in [3.05, 3.63) is 52.3 Å². The summed E-state index contributed by atoms with van der Waals surface area (Å²) >= 11 is 0. The normalized spacial score (nSPS) is 14.7. The summed E-state index contributed by atoms with van der Waals surface area (Å²) in [6.07, 6.45) is 1.43. The number of pyridine rings is 1. The van der Waals surface area contributed by atoms with Crippen molar-refractivity contribution in [3.63, 3.8) is 0 Å². The van der Waals surface area contributed by atoms with Gasteiger partial charge in [0.05, 0.1) is 24.3 Å². The second kappa shape index (κ2) is 8.09. The largest absolute Gasteiger partial charge is 0.384 e. The Labute approximate surface area is 172 Å². The topological polar surface area (TPSA) is 133 Å². The Morgan fingerprint density at radius 1 is 1.23 bits per heavy atom. The van der Waals surface area contributed by atoms with E-state index < -0.39 is 11.3 Å². The molecule has 30 heavy (non-hydrogen) atoms. The van der Waals surface area contributed by atoms with E-state index >= 15 is 0 Å². The minimum Gasteiger partial charge on any atom is -0.384 e. The van der Waals surface area contributed by atoms with Gasteiger partial charge in [-0.3, -0.25) is 9.59 Å². The van der Waals surface area contributed by atoms with E-state index in [2.05, 4.69) is 15.0 Å². The van der Waals surface area contributed by atoms with Crippen LogP contribution in [0.1, 0.15) is 17.3 Å². The van der Waals surface area contributed by atoms with Crippen molar-refractivity contribution >= 4 is 34.4 Å². The fourth-order valence-corrected chi connectivity index (χ4v) is 3.62. The Kier molecular flexibility index (Phi) is 5.34. The van der Waals surface area contributed by atoms with Gasteiger partial charge in [-0.05, 0) is 19.1 Å². The molecule has 0 aliphatic carbocycles. The minimum atomic E-state index is -0.870. The quantitative estimate of drug-likeness (QED) is 0.634. The molecule has 0 spiro atoms. The zero-order valence-electron chi connectivity index (χ0n) is 16.6. The first kappa shape index (κ1) is 19.8. The van der Waals surface area contributed by atoms with E-state index in [0.29, 0.717) is 44.4 Å². The number of aromatic nitrogens is 3. The maximum atomic E-state index is 12.8. The average molecular weight is 409 g/mol. The number of hydrazine groups is 1. The first-order valence-corrected chi connectivity index (χ1v) is 9.69. The maximum absolute atomic E-state index is 12.8. The smallest absolute Gasteiger partial charge is 0.256 e. The zero-order valence-corrected chi connectivity index (χ0v) is 16.6. The minimum absolute atomic E-state index is 0.00443. The number of primary amides is 1.